The summed E-state index contributed by atoms with van der Waals surface area (Å²) in [6.07, 6.45) is 1.85. The molecule has 1 fully saturated rings. The van der Waals surface area contributed by atoms with Crippen LogP contribution >= 0.6 is 0 Å². The molecule has 162 valence electrons. The first-order valence-electron chi connectivity index (χ1n) is 10.9. The Morgan fingerprint density at radius 1 is 1.06 bits per heavy atom. The number of hydrogen-bond donors (Lipinski definition) is 0. The molecule has 2 heterocycles. The van der Waals surface area contributed by atoms with Gasteiger partial charge in [0.2, 0.25) is 0 Å². The largest absolute Gasteiger partial charge is 0.379 e. The van der Waals surface area contributed by atoms with E-state index in [0.717, 1.165) is 49.8 Å². The number of hydrogen-bond acceptors (Lipinski definition) is 4. The first-order chi connectivity index (χ1) is 15.1. The molecule has 4 rings (SSSR count). The molecule has 0 aliphatic carbocycles. The van der Waals surface area contributed by atoms with E-state index in [0.29, 0.717) is 12.1 Å². The average Bonchev–Trinajstić information content (AvgIpc) is 3.20. The Morgan fingerprint density at radius 3 is 2.39 bits per heavy atom. The number of carbonyl (C=O) groups is 1. The van der Waals surface area contributed by atoms with Crippen molar-refractivity contribution in [1.82, 2.24) is 19.6 Å². The Kier molecular flexibility index (Phi) is 6.79. The fourth-order valence-electron chi connectivity index (χ4n) is 4.00. The maximum Gasteiger partial charge on any atom is 0.257 e. The lowest BCUT2D eigenvalue weighted by Gasteiger charge is -2.35. The number of ether oxygens (including phenoxy) is 1. The molecule has 1 aliphatic heterocycles. The van der Waals surface area contributed by atoms with Crippen molar-refractivity contribution in [3.63, 3.8) is 0 Å². The first-order valence-corrected chi connectivity index (χ1v) is 10.9. The van der Waals surface area contributed by atoms with Gasteiger partial charge in [-0.15, -0.1) is 0 Å². The van der Waals surface area contributed by atoms with Crippen LogP contribution in [0.3, 0.4) is 0 Å². The van der Waals surface area contributed by atoms with Crippen molar-refractivity contribution in [2.45, 2.75) is 26.4 Å². The van der Waals surface area contributed by atoms with E-state index >= 15 is 0 Å². The number of benzene rings is 2. The molecule has 3 aromatic rings. The van der Waals surface area contributed by atoms with Crippen molar-refractivity contribution in [2.75, 3.05) is 32.8 Å². The maximum absolute atomic E-state index is 13.7. The van der Waals surface area contributed by atoms with Crippen LogP contribution in [-0.4, -0.2) is 64.4 Å². The van der Waals surface area contributed by atoms with Gasteiger partial charge in [0.1, 0.15) is 0 Å². The summed E-state index contributed by atoms with van der Waals surface area (Å²) in [6, 6.07) is 20.1. The third kappa shape index (κ3) is 5.21. The molecule has 2 aromatic carbocycles. The number of aryl methyl sites for hydroxylation is 1. The number of nitrogens with zero attached hydrogens (tertiary/aromatic N) is 4. The van der Waals surface area contributed by atoms with Crippen LogP contribution in [0.25, 0.3) is 5.69 Å². The lowest BCUT2D eigenvalue weighted by Crippen LogP contribution is -2.48. The van der Waals surface area contributed by atoms with Crippen LogP contribution in [0.5, 0.6) is 0 Å². The van der Waals surface area contributed by atoms with Gasteiger partial charge in [0.25, 0.3) is 5.91 Å². The molecule has 0 N–H and O–H groups in total. The van der Waals surface area contributed by atoms with Gasteiger partial charge >= 0.3 is 0 Å². The van der Waals surface area contributed by atoms with Crippen molar-refractivity contribution in [2.24, 2.45) is 0 Å². The lowest BCUT2D eigenvalue weighted by molar-refractivity contribution is 0.0228. The molecule has 1 amide bonds. The zero-order valence-electron chi connectivity index (χ0n) is 18.3. The molecule has 0 radical (unpaired) electrons. The maximum atomic E-state index is 13.7. The number of para-hydroxylation sites is 1. The van der Waals surface area contributed by atoms with E-state index in [9.17, 15) is 4.79 Å². The predicted octanol–water partition coefficient (Wildman–Crippen LogP) is 3.54. The molecular weight excluding hydrogens is 388 g/mol. The molecule has 1 unspecified atom stereocenters. The van der Waals surface area contributed by atoms with Crippen LogP contribution in [0.15, 0.2) is 66.9 Å². The molecule has 1 atom stereocenters. The van der Waals surface area contributed by atoms with Gasteiger partial charge in [-0.2, -0.15) is 5.10 Å². The van der Waals surface area contributed by atoms with Gasteiger partial charge < -0.3 is 9.64 Å². The Balaban J connectivity index is 1.59. The third-order valence-corrected chi connectivity index (χ3v) is 5.76. The summed E-state index contributed by atoms with van der Waals surface area (Å²) >= 11 is 0. The number of morpholine rings is 1. The highest BCUT2D eigenvalue weighted by atomic mass is 16.5. The SMILES string of the molecule is Cc1nn(-c2ccccc2)cc1C(=O)N(Cc1ccccc1)C(C)CN1CCOCC1. The van der Waals surface area contributed by atoms with Crippen molar-refractivity contribution in [1.29, 1.82) is 0 Å². The zero-order chi connectivity index (χ0) is 21.6. The van der Waals surface area contributed by atoms with Gasteiger partial charge in [0.05, 0.1) is 30.2 Å². The fraction of sp³-hybridized carbons (Fsp3) is 0.360. The summed E-state index contributed by atoms with van der Waals surface area (Å²) in [4.78, 5) is 18.1. The van der Waals surface area contributed by atoms with Gasteiger partial charge in [-0.25, -0.2) is 4.68 Å². The monoisotopic (exact) mass is 418 g/mol. The summed E-state index contributed by atoms with van der Waals surface area (Å²) in [5.74, 6) is 0.0179. The molecule has 1 saturated heterocycles. The number of amides is 1. The Hall–Kier alpha value is -2.96. The number of carbonyl (C=O) groups excluding carboxylic acids is 1. The van der Waals surface area contributed by atoms with Crippen molar-refractivity contribution < 1.29 is 9.53 Å². The quantitative estimate of drug-likeness (QED) is 0.589. The Labute approximate surface area is 184 Å². The fourth-order valence-corrected chi connectivity index (χ4v) is 4.00. The van der Waals surface area contributed by atoms with E-state index in [1.807, 2.05) is 66.6 Å². The van der Waals surface area contributed by atoms with Crippen molar-refractivity contribution in [3.05, 3.63) is 83.7 Å². The van der Waals surface area contributed by atoms with Crippen LogP contribution in [0.4, 0.5) is 0 Å². The van der Waals surface area contributed by atoms with Gasteiger partial charge in [0.15, 0.2) is 0 Å². The van der Waals surface area contributed by atoms with Crippen LogP contribution in [-0.2, 0) is 11.3 Å². The van der Waals surface area contributed by atoms with Crippen molar-refractivity contribution >= 4 is 5.91 Å². The van der Waals surface area contributed by atoms with E-state index in [-0.39, 0.29) is 11.9 Å². The van der Waals surface area contributed by atoms with E-state index in [2.05, 4.69) is 29.1 Å². The topological polar surface area (TPSA) is 50.6 Å². The molecule has 1 aliphatic rings. The van der Waals surface area contributed by atoms with E-state index in [1.54, 1.807) is 4.68 Å². The summed E-state index contributed by atoms with van der Waals surface area (Å²) in [5, 5.41) is 4.61. The molecule has 6 heteroatoms. The molecule has 0 spiro atoms. The number of aromatic nitrogens is 2. The Morgan fingerprint density at radius 2 is 1.71 bits per heavy atom. The highest BCUT2D eigenvalue weighted by Crippen LogP contribution is 2.19. The smallest absolute Gasteiger partial charge is 0.257 e. The summed E-state index contributed by atoms with van der Waals surface area (Å²) in [7, 11) is 0. The molecule has 31 heavy (non-hydrogen) atoms. The van der Waals surface area contributed by atoms with Gasteiger partial charge in [-0.3, -0.25) is 9.69 Å². The van der Waals surface area contributed by atoms with Gasteiger partial charge in [-0.1, -0.05) is 48.5 Å². The second-order valence-electron chi connectivity index (χ2n) is 8.09. The second-order valence-corrected chi connectivity index (χ2v) is 8.09. The third-order valence-electron chi connectivity index (χ3n) is 5.76. The highest BCUT2D eigenvalue weighted by Gasteiger charge is 2.27. The van der Waals surface area contributed by atoms with Crippen molar-refractivity contribution in [3.8, 4) is 5.69 Å². The van der Waals surface area contributed by atoms with E-state index < -0.39 is 0 Å². The average molecular weight is 419 g/mol. The zero-order valence-corrected chi connectivity index (χ0v) is 18.3. The summed E-state index contributed by atoms with van der Waals surface area (Å²) in [5.41, 5.74) is 3.46. The van der Waals surface area contributed by atoms with Crippen LogP contribution in [0.2, 0.25) is 0 Å². The predicted molar refractivity (Wildman–Crippen MR) is 121 cm³/mol. The second kappa shape index (κ2) is 9.90. The van der Waals surface area contributed by atoms with Gasteiger partial charge in [0, 0.05) is 38.4 Å². The normalized spacial score (nSPS) is 15.5. The summed E-state index contributed by atoms with van der Waals surface area (Å²) in [6.45, 7) is 8.75. The minimum atomic E-state index is 0.0179. The highest BCUT2D eigenvalue weighted by molar-refractivity contribution is 5.95. The van der Waals surface area contributed by atoms with Crippen LogP contribution in [0.1, 0.15) is 28.5 Å². The minimum Gasteiger partial charge on any atom is -0.379 e. The molecule has 6 nitrogen and oxygen atoms in total. The summed E-state index contributed by atoms with van der Waals surface area (Å²) < 4.78 is 7.27. The molecule has 0 saturated carbocycles. The van der Waals surface area contributed by atoms with Crippen LogP contribution in [0, 0.1) is 6.92 Å². The molecule has 0 bridgehead atoms. The number of rotatable bonds is 7. The first kappa shape index (κ1) is 21.3. The minimum absolute atomic E-state index is 0.0179. The lowest BCUT2D eigenvalue weighted by atomic mass is 10.1. The molecular formula is C25H30N4O2. The van der Waals surface area contributed by atoms with E-state index in [4.69, 9.17) is 4.74 Å². The van der Waals surface area contributed by atoms with Gasteiger partial charge in [-0.05, 0) is 31.5 Å². The Bertz CT molecular complexity index is 981. The van der Waals surface area contributed by atoms with Crippen LogP contribution < -0.4 is 0 Å². The standard InChI is InChI=1S/C25H30N4O2/c1-20(17-27-13-15-31-16-14-27)28(18-22-9-5-3-6-10-22)25(30)24-19-29(26-21(24)2)23-11-7-4-8-12-23/h3-12,19-20H,13-18H2,1-2H3. The molecule has 1 aromatic heterocycles. The van der Waals surface area contributed by atoms with E-state index in [1.165, 1.54) is 0 Å².